The minimum Gasteiger partial charge on any atom is -0.378 e. The Morgan fingerprint density at radius 3 is 2.65 bits per heavy atom. The Labute approximate surface area is 106 Å². The van der Waals surface area contributed by atoms with Crippen LogP contribution in [0.25, 0.3) is 0 Å². The summed E-state index contributed by atoms with van der Waals surface area (Å²) in [6.07, 6.45) is 5.53. The first-order valence-corrected chi connectivity index (χ1v) is 7.31. The second-order valence-electron chi connectivity index (χ2n) is 4.98. The van der Waals surface area contributed by atoms with Crippen LogP contribution in [-0.2, 0) is 4.74 Å². The summed E-state index contributed by atoms with van der Waals surface area (Å²) in [7, 11) is 0. The maximum Gasteiger partial charge on any atom is 0.208 e. The third-order valence-corrected chi connectivity index (χ3v) is 4.72. The van der Waals surface area contributed by atoms with Gasteiger partial charge in [0.15, 0.2) is 0 Å². The number of piperidine rings is 1. The van der Waals surface area contributed by atoms with E-state index in [1.807, 2.05) is 6.92 Å². The molecule has 1 aromatic heterocycles. The average Bonchev–Trinajstić information content (AvgIpc) is 3.00. The van der Waals surface area contributed by atoms with Gasteiger partial charge in [-0.2, -0.15) is 0 Å². The van der Waals surface area contributed by atoms with Gasteiger partial charge in [0.1, 0.15) is 5.01 Å². The molecule has 17 heavy (non-hydrogen) atoms. The molecule has 94 valence electrons. The van der Waals surface area contributed by atoms with Gasteiger partial charge in [-0.25, -0.2) is 0 Å². The molecule has 2 saturated heterocycles. The van der Waals surface area contributed by atoms with Crippen LogP contribution >= 0.6 is 11.3 Å². The summed E-state index contributed by atoms with van der Waals surface area (Å²) in [4.78, 5) is 2.37. The zero-order chi connectivity index (χ0) is 11.7. The van der Waals surface area contributed by atoms with E-state index < -0.39 is 0 Å². The molecule has 0 saturated carbocycles. The van der Waals surface area contributed by atoms with Crippen molar-refractivity contribution in [3.63, 3.8) is 0 Å². The smallest absolute Gasteiger partial charge is 0.208 e. The van der Waals surface area contributed by atoms with Crippen LogP contribution in [0.5, 0.6) is 0 Å². The highest BCUT2D eigenvalue weighted by Crippen LogP contribution is 2.31. The molecule has 0 bridgehead atoms. The Hall–Kier alpha value is -0.680. The van der Waals surface area contributed by atoms with Gasteiger partial charge in [0.05, 0.1) is 6.10 Å². The van der Waals surface area contributed by atoms with E-state index in [1.165, 1.54) is 25.7 Å². The van der Waals surface area contributed by atoms with Crippen molar-refractivity contribution in [3.8, 4) is 0 Å². The lowest BCUT2D eigenvalue weighted by molar-refractivity contribution is 0.0531. The van der Waals surface area contributed by atoms with Crippen LogP contribution in [0.2, 0.25) is 0 Å². The van der Waals surface area contributed by atoms with Crippen molar-refractivity contribution in [3.05, 3.63) is 5.01 Å². The summed E-state index contributed by atoms with van der Waals surface area (Å²) in [6, 6.07) is 0. The normalized spacial score (nSPS) is 26.6. The Morgan fingerprint density at radius 2 is 2.06 bits per heavy atom. The van der Waals surface area contributed by atoms with Gasteiger partial charge >= 0.3 is 0 Å². The van der Waals surface area contributed by atoms with Gasteiger partial charge in [-0.05, 0) is 38.5 Å². The van der Waals surface area contributed by atoms with Crippen LogP contribution in [0.15, 0.2) is 0 Å². The quantitative estimate of drug-likeness (QED) is 0.810. The molecule has 0 aliphatic carbocycles. The molecule has 5 heteroatoms. The van der Waals surface area contributed by atoms with Crippen LogP contribution in [-0.4, -0.2) is 36.0 Å². The highest BCUT2D eigenvalue weighted by Gasteiger charge is 2.30. The van der Waals surface area contributed by atoms with Crippen molar-refractivity contribution in [2.75, 3.05) is 24.6 Å². The van der Waals surface area contributed by atoms with Gasteiger partial charge in [-0.1, -0.05) is 11.3 Å². The highest BCUT2D eigenvalue weighted by atomic mass is 32.1. The second-order valence-corrected chi connectivity index (χ2v) is 6.14. The molecule has 1 unspecified atom stereocenters. The largest absolute Gasteiger partial charge is 0.378 e. The van der Waals surface area contributed by atoms with E-state index >= 15 is 0 Å². The third kappa shape index (κ3) is 2.45. The molecule has 0 radical (unpaired) electrons. The predicted molar refractivity (Wildman–Crippen MR) is 68.6 cm³/mol. The van der Waals surface area contributed by atoms with Crippen molar-refractivity contribution >= 4 is 16.5 Å². The van der Waals surface area contributed by atoms with Gasteiger partial charge < -0.3 is 9.64 Å². The molecular weight excluding hydrogens is 234 g/mol. The number of aryl methyl sites for hydroxylation is 1. The van der Waals surface area contributed by atoms with Gasteiger partial charge in [-0.15, -0.1) is 10.2 Å². The Balaban J connectivity index is 1.56. The van der Waals surface area contributed by atoms with Gasteiger partial charge in [0, 0.05) is 19.7 Å². The molecule has 0 amide bonds. The number of hydrogen-bond donors (Lipinski definition) is 0. The first-order valence-electron chi connectivity index (χ1n) is 6.49. The molecule has 0 N–H and O–H groups in total. The van der Waals surface area contributed by atoms with E-state index in [4.69, 9.17) is 4.74 Å². The molecule has 2 aliphatic heterocycles. The van der Waals surface area contributed by atoms with E-state index in [0.29, 0.717) is 6.10 Å². The lowest BCUT2D eigenvalue weighted by atomic mass is 9.90. The highest BCUT2D eigenvalue weighted by molar-refractivity contribution is 7.15. The Bertz CT molecular complexity index is 368. The van der Waals surface area contributed by atoms with Crippen LogP contribution in [0.3, 0.4) is 0 Å². The lowest BCUT2D eigenvalue weighted by Crippen LogP contribution is -2.37. The van der Waals surface area contributed by atoms with Crippen LogP contribution < -0.4 is 4.90 Å². The Morgan fingerprint density at radius 1 is 1.24 bits per heavy atom. The SMILES string of the molecule is Cc1nnc(N2CCC(C3CCCO3)CC2)s1. The van der Waals surface area contributed by atoms with E-state index in [0.717, 1.165) is 35.8 Å². The standard InChI is InChI=1S/C12H19N3OS/c1-9-13-14-12(17-9)15-6-4-10(5-7-15)11-3-2-8-16-11/h10-11H,2-8H2,1H3. The summed E-state index contributed by atoms with van der Waals surface area (Å²) in [5.41, 5.74) is 0. The predicted octanol–water partition coefficient (Wildman–Crippen LogP) is 2.24. The number of anilines is 1. The molecule has 2 fully saturated rings. The monoisotopic (exact) mass is 253 g/mol. The summed E-state index contributed by atoms with van der Waals surface area (Å²) in [5.74, 6) is 0.766. The zero-order valence-electron chi connectivity index (χ0n) is 10.3. The molecule has 3 rings (SSSR count). The van der Waals surface area contributed by atoms with Crippen molar-refractivity contribution in [2.45, 2.75) is 38.7 Å². The lowest BCUT2D eigenvalue weighted by Gasteiger charge is -2.33. The zero-order valence-corrected chi connectivity index (χ0v) is 11.1. The molecule has 0 aromatic carbocycles. The van der Waals surface area contributed by atoms with Gasteiger partial charge in [-0.3, -0.25) is 0 Å². The number of aromatic nitrogens is 2. The van der Waals surface area contributed by atoms with E-state index in [-0.39, 0.29) is 0 Å². The third-order valence-electron chi connectivity index (χ3n) is 3.82. The van der Waals surface area contributed by atoms with Crippen LogP contribution in [0.4, 0.5) is 5.13 Å². The summed E-state index contributed by atoms with van der Waals surface area (Å²) >= 11 is 1.70. The molecule has 4 nitrogen and oxygen atoms in total. The van der Waals surface area contributed by atoms with Gasteiger partial charge in [0.25, 0.3) is 0 Å². The minimum absolute atomic E-state index is 0.535. The molecule has 1 aromatic rings. The first kappa shape index (κ1) is 11.4. The van der Waals surface area contributed by atoms with Crippen molar-refractivity contribution < 1.29 is 4.74 Å². The fourth-order valence-electron chi connectivity index (χ4n) is 2.85. The van der Waals surface area contributed by atoms with E-state index in [9.17, 15) is 0 Å². The second kappa shape index (κ2) is 4.90. The van der Waals surface area contributed by atoms with E-state index in [2.05, 4.69) is 15.1 Å². The number of rotatable bonds is 2. The minimum atomic E-state index is 0.535. The molecule has 2 aliphatic rings. The average molecular weight is 253 g/mol. The maximum absolute atomic E-state index is 5.79. The number of nitrogens with zero attached hydrogens (tertiary/aromatic N) is 3. The van der Waals surface area contributed by atoms with Crippen LogP contribution in [0.1, 0.15) is 30.7 Å². The van der Waals surface area contributed by atoms with Crippen molar-refractivity contribution in [2.24, 2.45) is 5.92 Å². The fraction of sp³-hybridized carbons (Fsp3) is 0.833. The summed E-state index contributed by atoms with van der Waals surface area (Å²) < 4.78 is 5.79. The fourth-order valence-corrected chi connectivity index (χ4v) is 3.59. The molecule has 0 spiro atoms. The molecule has 3 heterocycles. The van der Waals surface area contributed by atoms with E-state index in [1.54, 1.807) is 11.3 Å². The number of hydrogen-bond acceptors (Lipinski definition) is 5. The first-order chi connectivity index (χ1) is 8.33. The van der Waals surface area contributed by atoms with Crippen LogP contribution in [0, 0.1) is 12.8 Å². The maximum atomic E-state index is 5.79. The molecular formula is C12H19N3OS. The summed E-state index contributed by atoms with van der Waals surface area (Å²) in [5, 5.41) is 10.5. The molecule has 1 atom stereocenters. The van der Waals surface area contributed by atoms with Gasteiger partial charge in [0.2, 0.25) is 5.13 Å². The topological polar surface area (TPSA) is 38.2 Å². The van der Waals surface area contributed by atoms with Crippen molar-refractivity contribution in [1.29, 1.82) is 0 Å². The Kier molecular flexibility index (Phi) is 3.29. The summed E-state index contributed by atoms with van der Waals surface area (Å²) in [6.45, 7) is 5.21. The number of ether oxygens (including phenoxy) is 1. The van der Waals surface area contributed by atoms with Crippen molar-refractivity contribution in [1.82, 2.24) is 10.2 Å².